The average Bonchev–Trinajstić information content (AvgIpc) is 2.67. The number of nitrogens with two attached hydrogens (primary N) is 1. The second-order valence-corrected chi connectivity index (χ2v) is 7.76. The van der Waals surface area contributed by atoms with Gasteiger partial charge in [-0.2, -0.15) is 0 Å². The maximum Gasteiger partial charge on any atom is 0.238 e. The Kier molecular flexibility index (Phi) is 4.59. The number of rotatable bonds is 5. The van der Waals surface area contributed by atoms with Crippen molar-refractivity contribution < 1.29 is 8.42 Å². The van der Waals surface area contributed by atoms with Gasteiger partial charge >= 0.3 is 0 Å². The summed E-state index contributed by atoms with van der Waals surface area (Å²) in [5, 5.41) is 8.44. The van der Waals surface area contributed by atoms with Crippen molar-refractivity contribution >= 4 is 21.4 Å². The number of sulfonamides is 1. The van der Waals surface area contributed by atoms with Crippen molar-refractivity contribution in [3.05, 3.63) is 51.2 Å². The van der Waals surface area contributed by atoms with Crippen molar-refractivity contribution in [1.29, 1.82) is 0 Å². The molecule has 0 spiro atoms. The van der Waals surface area contributed by atoms with Gasteiger partial charge in [-0.3, -0.25) is 0 Å². The quantitative estimate of drug-likeness (QED) is 0.890. The van der Waals surface area contributed by atoms with Crippen molar-refractivity contribution in [3.63, 3.8) is 0 Å². The first kappa shape index (κ1) is 15.2. The van der Waals surface area contributed by atoms with Crippen LogP contribution in [0, 0.1) is 13.8 Å². The first-order chi connectivity index (χ1) is 9.36. The maximum absolute atomic E-state index is 11.3. The molecule has 0 amide bonds. The van der Waals surface area contributed by atoms with Crippen molar-refractivity contribution in [2.24, 2.45) is 5.14 Å². The van der Waals surface area contributed by atoms with Crippen LogP contribution in [0.3, 0.4) is 0 Å². The molecule has 108 valence electrons. The van der Waals surface area contributed by atoms with E-state index in [1.807, 2.05) is 6.07 Å². The molecule has 0 saturated heterocycles. The summed E-state index contributed by atoms with van der Waals surface area (Å²) >= 11 is 1.79. The minimum atomic E-state index is -3.63. The summed E-state index contributed by atoms with van der Waals surface area (Å²) in [5.41, 5.74) is 2.19. The van der Waals surface area contributed by atoms with Gasteiger partial charge in [-0.15, -0.1) is 11.3 Å². The van der Waals surface area contributed by atoms with Gasteiger partial charge in [0.05, 0.1) is 4.90 Å². The highest BCUT2D eigenvalue weighted by Crippen LogP contribution is 2.20. The second kappa shape index (κ2) is 6.05. The Labute approximate surface area is 123 Å². The molecule has 0 fully saturated rings. The van der Waals surface area contributed by atoms with E-state index in [0.717, 1.165) is 12.1 Å². The minimum absolute atomic E-state index is 0.152. The van der Waals surface area contributed by atoms with Crippen LogP contribution in [0.25, 0.3) is 0 Å². The summed E-state index contributed by atoms with van der Waals surface area (Å²) in [6.45, 7) is 5.58. The van der Waals surface area contributed by atoms with E-state index >= 15 is 0 Å². The van der Waals surface area contributed by atoms with Crippen molar-refractivity contribution in [2.75, 3.05) is 0 Å². The molecule has 1 aromatic carbocycles. The van der Waals surface area contributed by atoms with E-state index < -0.39 is 10.0 Å². The van der Waals surface area contributed by atoms with Gasteiger partial charge in [-0.05, 0) is 43.2 Å². The van der Waals surface area contributed by atoms with Crippen molar-refractivity contribution in [2.45, 2.75) is 31.8 Å². The zero-order valence-corrected chi connectivity index (χ0v) is 13.1. The normalized spacial score (nSPS) is 11.8. The summed E-state index contributed by atoms with van der Waals surface area (Å²) in [6.07, 6.45) is 0. The molecule has 2 aromatic rings. The van der Waals surface area contributed by atoms with Crippen LogP contribution >= 0.6 is 11.3 Å². The van der Waals surface area contributed by atoms with Crippen LogP contribution in [0.1, 0.15) is 20.9 Å². The lowest BCUT2D eigenvalue weighted by Crippen LogP contribution is -2.15. The van der Waals surface area contributed by atoms with Gasteiger partial charge in [0.2, 0.25) is 10.0 Å². The highest BCUT2D eigenvalue weighted by molar-refractivity contribution is 7.89. The number of aryl methyl sites for hydroxylation is 2. The molecule has 0 unspecified atom stereocenters. The molecule has 0 aliphatic carbocycles. The molecule has 2 rings (SSSR count). The highest BCUT2D eigenvalue weighted by Gasteiger charge is 2.08. The molecule has 0 aliphatic rings. The number of benzene rings is 1. The van der Waals surface area contributed by atoms with Crippen LogP contribution in [-0.4, -0.2) is 8.42 Å². The van der Waals surface area contributed by atoms with Gasteiger partial charge in [0.1, 0.15) is 0 Å². The molecule has 0 saturated carbocycles. The average molecular weight is 310 g/mol. The Morgan fingerprint density at radius 3 is 2.55 bits per heavy atom. The van der Waals surface area contributed by atoms with Crippen molar-refractivity contribution in [3.8, 4) is 0 Å². The number of primary sulfonamides is 1. The third kappa shape index (κ3) is 3.89. The summed E-state index contributed by atoms with van der Waals surface area (Å²) in [4.78, 5) is 2.77. The van der Waals surface area contributed by atoms with E-state index in [-0.39, 0.29) is 4.90 Å². The second-order valence-electron chi connectivity index (χ2n) is 4.73. The van der Waals surface area contributed by atoms with E-state index in [1.54, 1.807) is 23.5 Å². The predicted octanol–water partition coefficient (Wildman–Crippen LogP) is 2.30. The molecule has 0 bridgehead atoms. The summed E-state index contributed by atoms with van der Waals surface area (Å²) < 4.78 is 22.6. The fourth-order valence-corrected chi connectivity index (χ4v) is 3.56. The number of hydrogen-bond acceptors (Lipinski definition) is 4. The first-order valence-electron chi connectivity index (χ1n) is 6.24. The van der Waals surface area contributed by atoms with E-state index in [0.29, 0.717) is 6.54 Å². The molecule has 3 N–H and O–H groups in total. The molecule has 20 heavy (non-hydrogen) atoms. The van der Waals surface area contributed by atoms with E-state index in [4.69, 9.17) is 5.14 Å². The maximum atomic E-state index is 11.3. The number of nitrogens with one attached hydrogen (secondary N) is 1. The standard InChI is InChI=1S/C14H18N2O2S2/c1-10-6-13(11(2)19-10)9-16-8-12-4-3-5-14(7-12)20(15,17)18/h3-7,16H,8-9H2,1-2H3,(H2,15,17,18). The molecule has 1 heterocycles. The fraction of sp³-hybridized carbons (Fsp3) is 0.286. The summed E-state index contributed by atoms with van der Waals surface area (Å²) in [6, 6.07) is 8.87. The van der Waals surface area contributed by atoms with Crippen molar-refractivity contribution in [1.82, 2.24) is 5.32 Å². The first-order valence-corrected chi connectivity index (χ1v) is 8.61. The molecule has 0 aliphatic heterocycles. The molecule has 1 aromatic heterocycles. The van der Waals surface area contributed by atoms with Gasteiger partial charge in [-0.25, -0.2) is 13.6 Å². The van der Waals surface area contributed by atoms with E-state index in [2.05, 4.69) is 25.2 Å². The van der Waals surface area contributed by atoms with E-state index in [9.17, 15) is 8.42 Å². The van der Waals surface area contributed by atoms with Gasteiger partial charge in [0.15, 0.2) is 0 Å². The van der Waals surface area contributed by atoms with Crippen LogP contribution in [0.15, 0.2) is 35.2 Å². The Morgan fingerprint density at radius 2 is 1.95 bits per heavy atom. The van der Waals surface area contributed by atoms with Gasteiger partial charge in [0, 0.05) is 22.8 Å². The largest absolute Gasteiger partial charge is 0.309 e. The van der Waals surface area contributed by atoms with Crippen LogP contribution in [0.5, 0.6) is 0 Å². The Balaban J connectivity index is 2.00. The lowest BCUT2D eigenvalue weighted by molar-refractivity contribution is 0.597. The highest BCUT2D eigenvalue weighted by atomic mass is 32.2. The zero-order valence-electron chi connectivity index (χ0n) is 11.5. The van der Waals surface area contributed by atoms with E-state index in [1.165, 1.54) is 21.4 Å². The third-order valence-electron chi connectivity index (χ3n) is 3.02. The number of hydrogen-bond donors (Lipinski definition) is 2. The summed E-state index contributed by atoms with van der Waals surface area (Å²) in [5.74, 6) is 0. The summed E-state index contributed by atoms with van der Waals surface area (Å²) in [7, 11) is -3.63. The molecular formula is C14H18N2O2S2. The monoisotopic (exact) mass is 310 g/mol. The SMILES string of the molecule is Cc1cc(CNCc2cccc(S(N)(=O)=O)c2)c(C)s1. The topological polar surface area (TPSA) is 72.2 Å². The smallest absolute Gasteiger partial charge is 0.238 e. The lowest BCUT2D eigenvalue weighted by atomic mass is 10.2. The Bertz CT molecular complexity index is 706. The van der Waals surface area contributed by atoms with Gasteiger partial charge < -0.3 is 5.32 Å². The van der Waals surface area contributed by atoms with Crippen LogP contribution in [0.2, 0.25) is 0 Å². The van der Waals surface area contributed by atoms with Crippen LogP contribution in [-0.2, 0) is 23.1 Å². The molecule has 0 atom stereocenters. The molecule has 6 heteroatoms. The third-order valence-corrected chi connectivity index (χ3v) is 4.93. The molecular weight excluding hydrogens is 292 g/mol. The molecule has 0 radical (unpaired) electrons. The van der Waals surface area contributed by atoms with Gasteiger partial charge in [-0.1, -0.05) is 12.1 Å². The van der Waals surface area contributed by atoms with Gasteiger partial charge in [0.25, 0.3) is 0 Å². The number of thiophene rings is 1. The lowest BCUT2D eigenvalue weighted by Gasteiger charge is -2.06. The molecule has 4 nitrogen and oxygen atoms in total. The Morgan fingerprint density at radius 1 is 1.20 bits per heavy atom. The minimum Gasteiger partial charge on any atom is -0.309 e. The Hall–Kier alpha value is -1.21. The predicted molar refractivity (Wildman–Crippen MR) is 82.2 cm³/mol. The fourth-order valence-electron chi connectivity index (χ4n) is 2.03. The zero-order chi connectivity index (χ0) is 14.8. The van der Waals surface area contributed by atoms with Crippen LogP contribution < -0.4 is 10.5 Å². The van der Waals surface area contributed by atoms with Crippen LogP contribution in [0.4, 0.5) is 0 Å².